The van der Waals surface area contributed by atoms with Gasteiger partial charge in [-0.1, -0.05) is 24.3 Å². The van der Waals surface area contributed by atoms with Gasteiger partial charge in [0.25, 0.3) is 0 Å². The van der Waals surface area contributed by atoms with Gasteiger partial charge >= 0.3 is 5.97 Å². The van der Waals surface area contributed by atoms with Crippen LogP contribution in [0.25, 0.3) is 0 Å². The van der Waals surface area contributed by atoms with Crippen molar-refractivity contribution in [1.29, 1.82) is 0 Å². The van der Waals surface area contributed by atoms with Gasteiger partial charge in [0, 0.05) is 36.4 Å². The van der Waals surface area contributed by atoms with E-state index in [4.69, 9.17) is 0 Å². The van der Waals surface area contributed by atoms with Gasteiger partial charge in [-0.05, 0) is 39.0 Å². The first-order valence-corrected chi connectivity index (χ1v) is 10.8. The summed E-state index contributed by atoms with van der Waals surface area (Å²) in [5, 5.41) is 23.8. The molecule has 32 heavy (non-hydrogen) atoms. The number of carbonyl (C=O) groups excluding carboxylic acids is 2. The molecule has 2 aliphatic heterocycles. The average Bonchev–Trinajstić information content (AvgIpc) is 3.23. The molecule has 0 aromatic heterocycles. The molecule has 2 aliphatic rings. The third-order valence-corrected chi connectivity index (χ3v) is 6.72. The number of carboxylic acids is 1. The topological polar surface area (TPSA) is 110 Å². The van der Waals surface area contributed by atoms with Crippen LogP contribution in [0.2, 0.25) is 0 Å². The summed E-state index contributed by atoms with van der Waals surface area (Å²) < 4.78 is 0. The predicted octanol–water partition coefficient (Wildman–Crippen LogP) is 2.53. The molecule has 8 heteroatoms. The molecule has 4 atom stereocenters. The molecule has 2 amide bonds. The van der Waals surface area contributed by atoms with E-state index in [0.29, 0.717) is 11.3 Å². The number of rotatable bonds is 6. The fourth-order valence-corrected chi connectivity index (χ4v) is 5.01. The van der Waals surface area contributed by atoms with Crippen LogP contribution >= 0.6 is 0 Å². The summed E-state index contributed by atoms with van der Waals surface area (Å²) in [5.74, 6) is -4.33. The van der Waals surface area contributed by atoms with E-state index < -0.39 is 41.2 Å². The highest BCUT2D eigenvalue weighted by atomic mass is 16.4. The molecule has 0 spiro atoms. The number of carbonyl (C=O) groups is 3. The first kappa shape index (κ1) is 21.8. The van der Waals surface area contributed by atoms with E-state index in [-0.39, 0.29) is 5.75 Å². The Bertz CT molecular complexity index is 1070. The van der Waals surface area contributed by atoms with Crippen molar-refractivity contribution in [3.05, 3.63) is 54.1 Å². The van der Waals surface area contributed by atoms with Gasteiger partial charge in [-0.25, -0.2) is 4.90 Å². The normalized spacial score (nSPS) is 27.0. The van der Waals surface area contributed by atoms with Crippen molar-refractivity contribution in [1.82, 2.24) is 5.32 Å². The van der Waals surface area contributed by atoms with Gasteiger partial charge in [0.15, 0.2) is 0 Å². The summed E-state index contributed by atoms with van der Waals surface area (Å²) in [7, 11) is 0. The maximum Gasteiger partial charge on any atom is 0.324 e. The van der Waals surface area contributed by atoms with Gasteiger partial charge in [-0.3, -0.25) is 19.7 Å². The Morgan fingerprint density at radius 1 is 1.09 bits per heavy atom. The Balaban J connectivity index is 1.79. The van der Waals surface area contributed by atoms with Crippen molar-refractivity contribution >= 4 is 29.2 Å². The Labute approximate surface area is 186 Å². The zero-order valence-electron chi connectivity index (χ0n) is 18.3. The monoisotopic (exact) mass is 437 g/mol. The smallest absolute Gasteiger partial charge is 0.324 e. The van der Waals surface area contributed by atoms with Crippen LogP contribution in [0.3, 0.4) is 0 Å². The second-order valence-corrected chi connectivity index (χ2v) is 8.40. The molecular weight excluding hydrogens is 410 g/mol. The number of para-hydroxylation sites is 1. The summed E-state index contributed by atoms with van der Waals surface area (Å²) in [5.41, 5.74) is -0.0248. The highest BCUT2D eigenvalue weighted by Crippen LogP contribution is 2.51. The molecule has 0 saturated carbocycles. The molecule has 2 fully saturated rings. The number of nitrogens with one attached hydrogen (secondary N) is 1. The number of anilines is 2. The van der Waals surface area contributed by atoms with Crippen LogP contribution in [-0.4, -0.2) is 46.6 Å². The number of hydrogen-bond acceptors (Lipinski definition) is 6. The average molecular weight is 437 g/mol. The van der Waals surface area contributed by atoms with Gasteiger partial charge in [-0.2, -0.15) is 0 Å². The van der Waals surface area contributed by atoms with Crippen molar-refractivity contribution in [2.45, 2.75) is 32.4 Å². The molecule has 168 valence electrons. The lowest BCUT2D eigenvalue weighted by atomic mass is 9.80. The second-order valence-electron chi connectivity index (χ2n) is 8.40. The number of phenolic OH excluding ortho intramolecular Hbond substituents is 1. The van der Waals surface area contributed by atoms with Crippen molar-refractivity contribution in [2.75, 3.05) is 22.9 Å². The SMILES string of the molecule is CCN(CC)c1ccc([C@@H]2N[C@](C)(C(=O)O)[C@H]3C(=O)N(c4ccccc4)C(=O)[C@@H]23)c(O)c1. The van der Waals surface area contributed by atoms with E-state index in [1.165, 1.54) is 6.92 Å². The van der Waals surface area contributed by atoms with Crippen LogP contribution in [0.1, 0.15) is 32.4 Å². The number of aliphatic carboxylic acids is 1. The molecule has 2 heterocycles. The van der Waals surface area contributed by atoms with Crippen molar-refractivity contribution in [2.24, 2.45) is 11.8 Å². The fraction of sp³-hybridized carbons (Fsp3) is 0.375. The minimum atomic E-state index is -1.66. The highest BCUT2D eigenvalue weighted by Gasteiger charge is 2.67. The van der Waals surface area contributed by atoms with Crippen LogP contribution in [0, 0.1) is 11.8 Å². The van der Waals surface area contributed by atoms with E-state index in [1.54, 1.807) is 42.5 Å². The van der Waals surface area contributed by atoms with E-state index in [9.17, 15) is 24.6 Å². The van der Waals surface area contributed by atoms with Gasteiger partial charge in [0.2, 0.25) is 11.8 Å². The van der Waals surface area contributed by atoms with Crippen LogP contribution in [-0.2, 0) is 14.4 Å². The number of imide groups is 1. The van der Waals surface area contributed by atoms with Crippen LogP contribution in [0.15, 0.2) is 48.5 Å². The summed E-state index contributed by atoms with van der Waals surface area (Å²) in [6.45, 7) is 6.97. The molecule has 0 aliphatic carbocycles. The number of hydrogen-bond donors (Lipinski definition) is 3. The van der Waals surface area contributed by atoms with Crippen LogP contribution in [0.5, 0.6) is 5.75 Å². The van der Waals surface area contributed by atoms with Crippen molar-refractivity contribution < 1.29 is 24.6 Å². The first-order chi connectivity index (χ1) is 15.2. The van der Waals surface area contributed by atoms with E-state index in [2.05, 4.69) is 10.2 Å². The summed E-state index contributed by atoms with van der Waals surface area (Å²) >= 11 is 0. The van der Waals surface area contributed by atoms with Crippen molar-refractivity contribution in [3.63, 3.8) is 0 Å². The quantitative estimate of drug-likeness (QED) is 0.596. The van der Waals surface area contributed by atoms with E-state index in [1.807, 2.05) is 19.9 Å². The third kappa shape index (κ3) is 3.14. The number of carboxylic acid groups (broad SMARTS) is 1. The molecule has 0 bridgehead atoms. The van der Waals surface area contributed by atoms with Gasteiger partial charge in [0.1, 0.15) is 11.3 Å². The number of nitrogens with zero attached hydrogens (tertiary/aromatic N) is 2. The number of aromatic hydroxyl groups is 1. The maximum absolute atomic E-state index is 13.5. The number of phenols is 1. The highest BCUT2D eigenvalue weighted by molar-refractivity contribution is 6.24. The maximum atomic E-state index is 13.5. The lowest BCUT2D eigenvalue weighted by Crippen LogP contribution is -2.53. The molecule has 2 aromatic carbocycles. The lowest BCUT2D eigenvalue weighted by molar-refractivity contribution is -0.147. The molecule has 0 radical (unpaired) electrons. The van der Waals surface area contributed by atoms with Gasteiger partial charge < -0.3 is 15.1 Å². The Morgan fingerprint density at radius 2 is 1.75 bits per heavy atom. The van der Waals surface area contributed by atoms with Gasteiger partial charge in [0.05, 0.1) is 17.5 Å². The zero-order chi connectivity index (χ0) is 23.2. The largest absolute Gasteiger partial charge is 0.508 e. The molecule has 4 rings (SSSR count). The number of fused-ring (bicyclic) bond motifs is 1. The van der Waals surface area contributed by atoms with Crippen LogP contribution in [0.4, 0.5) is 11.4 Å². The van der Waals surface area contributed by atoms with Gasteiger partial charge in [-0.15, -0.1) is 0 Å². The molecule has 0 unspecified atom stereocenters. The Morgan fingerprint density at radius 3 is 2.31 bits per heavy atom. The third-order valence-electron chi connectivity index (χ3n) is 6.72. The standard InChI is InChI=1S/C24H27N3O5/c1-4-26(5-2)15-11-12-16(17(28)13-15)20-18-19(24(3,25-20)23(31)32)22(30)27(21(18)29)14-9-7-6-8-10-14/h6-13,18-20,25,28H,4-5H2,1-3H3,(H,31,32)/t18-,19-,20+,24+/m1/s1. The second kappa shape index (κ2) is 7.94. The summed E-state index contributed by atoms with van der Waals surface area (Å²) in [6, 6.07) is 12.8. The molecule has 8 nitrogen and oxygen atoms in total. The summed E-state index contributed by atoms with van der Waals surface area (Å²) in [4.78, 5) is 42.2. The van der Waals surface area contributed by atoms with E-state index >= 15 is 0 Å². The number of amides is 2. The van der Waals surface area contributed by atoms with Crippen LogP contribution < -0.4 is 15.1 Å². The molecule has 2 aromatic rings. The molecule has 3 N–H and O–H groups in total. The molecular formula is C24H27N3O5. The summed E-state index contributed by atoms with van der Waals surface area (Å²) in [6.07, 6.45) is 0. The Hall–Kier alpha value is -3.39. The van der Waals surface area contributed by atoms with Crippen molar-refractivity contribution in [3.8, 4) is 5.75 Å². The molecule has 2 saturated heterocycles. The number of benzene rings is 2. The predicted molar refractivity (Wildman–Crippen MR) is 120 cm³/mol. The zero-order valence-corrected chi connectivity index (χ0v) is 18.3. The first-order valence-electron chi connectivity index (χ1n) is 10.8. The minimum absolute atomic E-state index is 0.0429. The fourth-order valence-electron chi connectivity index (χ4n) is 5.01. The lowest BCUT2D eigenvalue weighted by Gasteiger charge is -2.28. The minimum Gasteiger partial charge on any atom is -0.508 e. The Kier molecular flexibility index (Phi) is 5.42. The van der Waals surface area contributed by atoms with E-state index in [0.717, 1.165) is 23.7 Å².